The van der Waals surface area contributed by atoms with Crippen molar-refractivity contribution in [2.75, 3.05) is 5.33 Å². The Morgan fingerprint density at radius 1 is 1.33 bits per heavy atom. The zero-order chi connectivity index (χ0) is 9.40. The lowest BCUT2D eigenvalue weighted by Gasteiger charge is -2.19. The predicted molar refractivity (Wildman–Crippen MR) is 61.7 cm³/mol. The average molecular weight is 253 g/mol. The van der Waals surface area contributed by atoms with Crippen molar-refractivity contribution in [1.29, 1.82) is 0 Å². The van der Waals surface area contributed by atoms with E-state index in [0.29, 0.717) is 6.10 Å². The van der Waals surface area contributed by atoms with Crippen LogP contribution in [0.2, 0.25) is 13.1 Å². The van der Waals surface area contributed by atoms with Crippen LogP contribution in [0.1, 0.15) is 32.6 Å². The third-order valence-electron chi connectivity index (χ3n) is 1.78. The van der Waals surface area contributed by atoms with Gasteiger partial charge in [-0.3, -0.25) is 0 Å². The fraction of sp³-hybridized carbons (Fsp3) is 1.00. The van der Waals surface area contributed by atoms with Crippen LogP contribution in [0.25, 0.3) is 0 Å². The van der Waals surface area contributed by atoms with Gasteiger partial charge >= 0.3 is 0 Å². The van der Waals surface area contributed by atoms with Gasteiger partial charge in [-0.2, -0.15) is 0 Å². The lowest BCUT2D eigenvalue weighted by molar-refractivity contribution is 0.187. The molecular weight excluding hydrogens is 232 g/mol. The Bertz CT molecular complexity index is 98.5. The molecule has 0 spiro atoms. The van der Waals surface area contributed by atoms with Gasteiger partial charge in [0.25, 0.3) is 0 Å². The molecule has 0 N–H and O–H groups in total. The lowest BCUT2D eigenvalue weighted by Crippen LogP contribution is -2.21. The summed E-state index contributed by atoms with van der Waals surface area (Å²) in [7, 11) is -0.823. The predicted octanol–water partition coefficient (Wildman–Crippen LogP) is 3.33. The molecule has 0 saturated carbocycles. The Kier molecular flexibility index (Phi) is 8.72. The van der Waals surface area contributed by atoms with Crippen LogP contribution in [-0.4, -0.2) is 20.5 Å². The third kappa shape index (κ3) is 7.31. The van der Waals surface area contributed by atoms with Crippen LogP contribution in [0.3, 0.4) is 0 Å². The van der Waals surface area contributed by atoms with Crippen LogP contribution in [-0.2, 0) is 4.43 Å². The zero-order valence-electron chi connectivity index (χ0n) is 8.48. The molecule has 0 rings (SSSR count). The molecule has 0 heterocycles. The molecule has 0 aromatic heterocycles. The maximum atomic E-state index is 5.90. The topological polar surface area (TPSA) is 9.23 Å². The van der Waals surface area contributed by atoms with E-state index < -0.39 is 9.04 Å². The van der Waals surface area contributed by atoms with Gasteiger partial charge in [-0.1, -0.05) is 35.7 Å². The van der Waals surface area contributed by atoms with E-state index in [1.54, 1.807) is 0 Å². The van der Waals surface area contributed by atoms with Gasteiger partial charge < -0.3 is 4.43 Å². The summed E-state index contributed by atoms with van der Waals surface area (Å²) in [5.74, 6) is 0. The molecule has 74 valence electrons. The number of rotatable bonds is 7. The summed E-state index contributed by atoms with van der Waals surface area (Å²) < 4.78 is 5.90. The third-order valence-corrected chi connectivity index (χ3v) is 3.16. The molecule has 1 nitrogen and oxygen atoms in total. The maximum Gasteiger partial charge on any atom is 0.171 e. The highest BCUT2D eigenvalue weighted by Crippen LogP contribution is 2.11. The van der Waals surface area contributed by atoms with Crippen LogP contribution in [0.15, 0.2) is 0 Å². The Hall–Kier alpha value is 0.657. The number of unbranched alkanes of at least 4 members (excludes halogenated alkanes) is 1. The Balaban J connectivity index is 3.54. The molecule has 0 bridgehead atoms. The van der Waals surface area contributed by atoms with E-state index in [9.17, 15) is 0 Å². The number of alkyl halides is 1. The average Bonchev–Trinajstić information content (AvgIpc) is 2.00. The molecule has 0 aromatic rings. The second-order valence-corrected chi connectivity index (χ2v) is 6.59. The zero-order valence-corrected chi connectivity index (χ0v) is 11.2. The molecule has 0 aromatic carbocycles. The summed E-state index contributed by atoms with van der Waals surface area (Å²) in [6.45, 7) is 6.72. The molecule has 0 fully saturated rings. The Labute approximate surface area is 86.7 Å². The molecule has 1 unspecified atom stereocenters. The van der Waals surface area contributed by atoms with Crippen LogP contribution >= 0.6 is 15.9 Å². The van der Waals surface area contributed by atoms with Crippen molar-refractivity contribution >= 4 is 25.0 Å². The normalized spacial score (nSPS) is 13.8. The summed E-state index contributed by atoms with van der Waals surface area (Å²) in [5, 5.41) is 1.07. The van der Waals surface area contributed by atoms with Gasteiger partial charge in [0.2, 0.25) is 0 Å². The highest BCUT2D eigenvalue weighted by atomic mass is 79.9. The summed E-state index contributed by atoms with van der Waals surface area (Å²) >= 11 is 3.47. The van der Waals surface area contributed by atoms with Crippen molar-refractivity contribution in [3.63, 3.8) is 0 Å². The first-order valence-corrected chi connectivity index (χ1v) is 8.82. The van der Waals surface area contributed by atoms with Crippen molar-refractivity contribution in [3.05, 3.63) is 0 Å². The van der Waals surface area contributed by atoms with Gasteiger partial charge in [0, 0.05) is 11.4 Å². The highest BCUT2D eigenvalue weighted by Gasteiger charge is 2.09. The molecule has 0 aliphatic heterocycles. The van der Waals surface area contributed by atoms with Crippen LogP contribution in [0.4, 0.5) is 0 Å². The lowest BCUT2D eigenvalue weighted by atomic mass is 10.1. The van der Waals surface area contributed by atoms with E-state index in [-0.39, 0.29) is 0 Å². The first-order chi connectivity index (χ1) is 5.70. The van der Waals surface area contributed by atoms with E-state index in [1.807, 2.05) is 0 Å². The minimum absolute atomic E-state index is 0.524. The summed E-state index contributed by atoms with van der Waals surface area (Å²) in [6, 6.07) is 0. The standard InChI is InChI=1S/C9H21BrOSi/c1-4-5-6-9(7-8-10)11-12(2)3/h9,12H,4-8H2,1-3H3. The molecule has 0 amide bonds. The van der Waals surface area contributed by atoms with E-state index >= 15 is 0 Å². The van der Waals surface area contributed by atoms with Gasteiger partial charge in [0.05, 0.1) is 0 Å². The molecule has 0 aliphatic carbocycles. The van der Waals surface area contributed by atoms with E-state index in [2.05, 4.69) is 35.9 Å². The molecule has 0 aliphatic rings. The minimum Gasteiger partial charge on any atom is -0.418 e. The van der Waals surface area contributed by atoms with E-state index in [1.165, 1.54) is 25.7 Å². The highest BCUT2D eigenvalue weighted by molar-refractivity contribution is 9.09. The van der Waals surface area contributed by atoms with Crippen molar-refractivity contribution in [3.8, 4) is 0 Å². The molecule has 0 radical (unpaired) electrons. The molecule has 3 heteroatoms. The molecule has 0 saturated heterocycles. The second kappa shape index (κ2) is 8.26. The van der Waals surface area contributed by atoms with Gasteiger partial charge in [-0.25, -0.2) is 0 Å². The molecular formula is C9H21BrOSi. The smallest absolute Gasteiger partial charge is 0.171 e. The van der Waals surface area contributed by atoms with Gasteiger partial charge in [-0.15, -0.1) is 0 Å². The number of halogens is 1. The molecule has 12 heavy (non-hydrogen) atoms. The van der Waals surface area contributed by atoms with Gasteiger partial charge in [0.1, 0.15) is 0 Å². The molecule has 1 atom stereocenters. The van der Waals surface area contributed by atoms with Crippen molar-refractivity contribution in [2.45, 2.75) is 51.8 Å². The monoisotopic (exact) mass is 252 g/mol. The Morgan fingerprint density at radius 3 is 2.42 bits per heavy atom. The van der Waals surface area contributed by atoms with Crippen LogP contribution in [0.5, 0.6) is 0 Å². The largest absolute Gasteiger partial charge is 0.418 e. The second-order valence-electron chi connectivity index (χ2n) is 3.43. The van der Waals surface area contributed by atoms with E-state index in [4.69, 9.17) is 4.43 Å². The van der Waals surface area contributed by atoms with Crippen molar-refractivity contribution in [1.82, 2.24) is 0 Å². The van der Waals surface area contributed by atoms with Crippen LogP contribution < -0.4 is 0 Å². The number of hydrogen-bond donors (Lipinski definition) is 0. The summed E-state index contributed by atoms with van der Waals surface area (Å²) in [4.78, 5) is 0. The van der Waals surface area contributed by atoms with E-state index in [0.717, 1.165) is 5.33 Å². The first-order valence-electron chi connectivity index (χ1n) is 4.92. The summed E-state index contributed by atoms with van der Waals surface area (Å²) in [5.41, 5.74) is 0. The minimum atomic E-state index is -0.823. The quantitative estimate of drug-likeness (QED) is 0.499. The Morgan fingerprint density at radius 2 is 2.00 bits per heavy atom. The van der Waals surface area contributed by atoms with Crippen LogP contribution in [0, 0.1) is 0 Å². The first kappa shape index (κ1) is 12.7. The maximum absolute atomic E-state index is 5.90. The van der Waals surface area contributed by atoms with Crippen molar-refractivity contribution < 1.29 is 4.43 Å². The van der Waals surface area contributed by atoms with Crippen molar-refractivity contribution in [2.24, 2.45) is 0 Å². The fourth-order valence-electron chi connectivity index (χ4n) is 1.22. The van der Waals surface area contributed by atoms with Gasteiger partial charge in [0.15, 0.2) is 9.04 Å². The number of hydrogen-bond acceptors (Lipinski definition) is 1. The SMILES string of the molecule is CCCCC(CCBr)O[SiH](C)C. The summed E-state index contributed by atoms with van der Waals surface area (Å²) in [6.07, 6.45) is 5.52. The fourth-order valence-corrected chi connectivity index (χ4v) is 2.77. The van der Waals surface area contributed by atoms with Gasteiger partial charge in [-0.05, 0) is 25.9 Å².